The first kappa shape index (κ1) is 13.0. The number of nitrogens with zero attached hydrogens (tertiary/aromatic N) is 4. The fourth-order valence-corrected chi connectivity index (χ4v) is 1.99. The van der Waals surface area contributed by atoms with Crippen molar-refractivity contribution in [1.82, 2.24) is 18.9 Å². The minimum atomic E-state index is -0.346. The van der Waals surface area contributed by atoms with Gasteiger partial charge in [-0.15, -0.1) is 0 Å². The van der Waals surface area contributed by atoms with Crippen LogP contribution in [0.25, 0.3) is 5.78 Å². The maximum Gasteiger partial charge on any atom is 0.275 e. The molecular weight excluding hydrogens is 270 g/mol. The van der Waals surface area contributed by atoms with Crippen LogP contribution in [0.5, 0.6) is 0 Å². The minimum Gasteiger partial charge on any atom is -0.319 e. The molecule has 21 heavy (non-hydrogen) atoms. The predicted molar refractivity (Wildman–Crippen MR) is 77.3 cm³/mol. The lowest BCUT2D eigenvalue weighted by molar-refractivity contribution is 0.102. The number of carbonyl (C=O) groups excluding carboxylic acids is 1. The lowest BCUT2D eigenvalue weighted by Crippen LogP contribution is -2.19. The molecular formula is C14H13N5O2. The summed E-state index contributed by atoms with van der Waals surface area (Å²) in [5.41, 5.74) is 0.710. The van der Waals surface area contributed by atoms with Crippen LogP contribution in [0.3, 0.4) is 0 Å². The number of hydrogen-bond donors (Lipinski definition) is 1. The zero-order valence-corrected chi connectivity index (χ0v) is 11.4. The van der Waals surface area contributed by atoms with Gasteiger partial charge >= 0.3 is 0 Å². The van der Waals surface area contributed by atoms with E-state index in [4.69, 9.17) is 0 Å². The van der Waals surface area contributed by atoms with E-state index in [1.165, 1.54) is 10.6 Å². The Kier molecular flexibility index (Phi) is 3.23. The van der Waals surface area contributed by atoms with E-state index in [1.54, 1.807) is 41.3 Å². The molecule has 7 heteroatoms. The topological polar surface area (TPSA) is 81.3 Å². The zero-order chi connectivity index (χ0) is 14.8. The van der Waals surface area contributed by atoms with Crippen LogP contribution >= 0.6 is 0 Å². The van der Waals surface area contributed by atoms with Crippen LogP contribution in [0.4, 0.5) is 5.69 Å². The summed E-state index contributed by atoms with van der Waals surface area (Å²) in [6, 6.07) is 4.75. The van der Waals surface area contributed by atoms with Crippen molar-refractivity contribution in [3.63, 3.8) is 0 Å². The summed E-state index contributed by atoms with van der Waals surface area (Å²) < 4.78 is 3.18. The van der Waals surface area contributed by atoms with Crippen molar-refractivity contribution in [2.24, 2.45) is 0 Å². The van der Waals surface area contributed by atoms with Crippen LogP contribution in [-0.4, -0.2) is 24.8 Å². The fourth-order valence-electron chi connectivity index (χ4n) is 1.99. The number of carbonyl (C=O) groups is 1. The van der Waals surface area contributed by atoms with Gasteiger partial charge in [0.05, 0.1) is 5.69 Å². The maximum atomic E-state index is 12.2. The number of imidazole rings is 1. The number of nitrogens with one attached hydrogen (secondary N) is 1. The van der Waals surface area contributed by atoms with Crippen LogP contribution in [-0.2, 0) is 6.54 Å². The van der Waals surface area contributed by atoms with Gasteiger partial charge in [0.15, 0.2) is 0 Å². The number of aromatic nitrogens is 4. The summed E-state index contributed by atoms with van der Waals surface area (Å²) >= 11 is 0. The first-order valence-electron chi connectivity index (χ1n) is 6.49. The lowest BCUT2D eigenvalue weighted by atomic mass is 10.3. The van der Waals surface area contributed by atoms with Crippen LogP contribution < -0.4 is 10.9 Å². The second-order valence-corrected chi connectivity index (χ2v) is 4.45. The Balaban J connectivity index is 1.87. The van der Waals surface area contributed by atoms with E-state index in [0.717, 1.165) is 0 Å². The molecule has 1 N–H and O–H groups in total. The molecule has 3 rings (SSSR count). The quantitative estimate of drug-likeness (QED) is 0.782. The highest BCUT2D eigenvalue weighted by molar-refractivity contribution is 6.03. The first-order chi connectivity index (χ1) is 10.2. The molecule has 0 radical (unpaired) electrons. The van der Waals surface area contributed by atoms with Gasteiger partial charge in [0.2, 0.25) is 5.78 Å². The number of pyridine rings is 1. The van der Waals surface area contributed by atoms with E-state index in [1.807, 2.05) is 6.92 Å². The summed E-state index contributed by atoms with van der Waals surface area (Å²) in [6.45, 7) is 2.40. The second-order valence-electron chi connectivity index (χ2n) is 4.45. The number of hydrogen-bond acceptors (Lipinski definition) is 4. The molecule has 7 nitrogen and oxygen atoms in total. The molecule has 0 bridgehead atoms. The molecule has 0 spiro atoms. The van der Waals surface area contributed by atoms with Crippen molar-refractivity contribution in [3.05, 3.63) is 59.0 Å². The van der Waals surface area contributed by atoms with Gasteiger partial charge < -0.3 is 9.88 Å². The molecule has 0 aliphatic rings. The highest BCUT2D eigenvalue weighted by Gasteiger charge is 2.11. The molecule has 3 aromatic heterocycles. The van der Waals surface area contributed by atoms with Crippen molar-refractivity contribution in [2.75, 3.05) is 5.32 Å². The number of aryl methyl sites for hydroxylation is 1. The van der Waals surface area contributed by atoms with Gasteiger partial charge in [0.1, 0.15) is 5.69 Å². The van der Waals surface area contributed by atoms with Crippen molar-refractivity contribution in [3.8, 4) is 0 Å². The molecule has 0 aromatic carbocycles. The van der Waals surface area contributed by atoms with Crippen LogP contribution in [0, 0.1) is 0 Å². The van der Waals surface area contributed by atoms with E-state index in [9.17, 15) is 9.59 Å². The normalized spacial score (nSPS) is 10.7. The van der Waals surface area contributed by atoms with Gasteiger partial charge in [-0.25, -0.2) is 9.97 Å². The van der Waals surface area contributed by atoms with Gasteiger partial charge in [-0.2, -0.15) is 0 Å². The van der Waals surface area contributed by atoms with Gasteiger partial charge in [-0.3, -0.25) is 14.0 Å². The summed E-state index contributed by atoms with van der Waals surface area (Å²) in [7, 11) is 0. The molecule has 3 heterocycles. The largest absolute Gasteiger partial charge is 0.319 e. The average Bonchev–Trinajstić information content (AvgIpc) is 2.93. The third-order valence-corrected chi connectivity index (χ3v) is 3.05. The van der Waals surface area contributed by atoms with E-state index in [2.05, 4.69) is 15.3 Å². The van der Waals surface area contributed by atoms with Crippen LogP contribution in [0.2, 0.25) is 0 Å². The molecule has 0 aliphatic heterocycles. The Hall–Kier alpha value is -2.96. The van der Waals surface area contributed by atoms with Crippen molar-refractivity contribution in [2.45, 2.75) is 13.5 Å². The molecule has 0 atom stereocenters. The van der Waals surface area contributed by atoms with Gasteiger partial charge in [-0.1, -0.05) is 0 Å². The van der Waals surface area contributed by atoms with E-state index in [-0.39, 0.29) is 17.2 Å². The summed E-state index contributed by atoms with van der Waals surface area (Å²) in [4.78, 5) is 31.9. The van der Waals surface area contributed by atoms with Crippen molar-refractivity contribution < 1.29 is 4.79 Å². The second kappa shape index (κ2) is 5.20. The highest BCUT2D eigenvalue weighted by atomic mass is 16.2. The number of rotatable bonds is 3. The SMILES string of the molecule is CCn1cc(NC(=O)c2cn3cccnc3n2)ccc1=O. The third kappa shape index (κ3) is 2.53. The van der Waals surface area contributed by atoms with Crippen molar-refractivity contribution in [1.29, 1.82) is 0 Å². The summed E-state index contributed by atoms with van der Waals surface area (Å²) in [5.74, 6) is 0.114. The number of anilines is 1. The molecule has 106 valence electrons. The van der Waals surface area contributed by atoms with E-state index < -0.39 is 0 Å². The van der Waals surface area contributed by atoms with Gasteiger partial charge in [-0.05, 0) is 19.1 Å². The first-order valence-corrected chi connectivity index (χ1v) is 6.49. The monoisotopic (exact) mass is 283 g/mol. The predicted octanol–water partition coefficient (Wildman–Crippen LogP) is 1.16. The molecule has 0 unspecified atom stereocenters. The zero-order valence-electron chi connectivity index (χ0n) is 11.4. The smallest absolute Gasteiger partial charge is 0.275 e. The lowest BCUT2D eigenvalue weighted by Gasteiger charge is -2.06. The summed E-state index contributed by atoms with van der Waals surface area (Å²) in [5, 5.41) is 2.72. The Labute approximate surface area is 119 Å². The molecule has 1 amide bonds. The standard InChI is InChI=1S/C14H13N5O2/c1-2-18-8-10(4-5-12(18)20)16-13(21)11-9-19-7-3-6-15-14(19)17-11/h3-9H,2H2,1H3,(H,16,21). The third-order valence-electron chi connectivity index (χ3n) is 3.05. The van der Waals surface area contributed by atoms with E-state index >= 15 is 0 Å². The van der Waals surface area contributed by atoms with Gasteiger partial charge in [0.25, 0.3) is 11.5 Å². The Morgan fingerprint density at radius 1 is 1.33 bits per heavy atom. The van der Waals surface area contributed by atoms with E-state index in [0.29, 0.717) is 18.0 Å². The molecule has 0 saturated carbocycles. The Morgan fingerprint density at radius 2 is 2.19 bits per heavy atom. The van der Waals surface area contributed by atoms with Crippen LogP contribution in [0.15, 0.2) is 47.8 Å². The Morgan fingerprint density at radius 3 is 2.95 bits per heavy atom. The Bertz CT molecular complexity index is 832. The average molecular weight is 283 g/mol. The molecule has 3 aromatic rings. The van der Waals surface area contributed by atoms with Crippen LogP contribution in [0.1, 0.15) is 17.4 Å². The maximum absolute atomic E-state index is 12.2. The van der Waals surface area contributed by atoms with Crippen molar-refractivity contribution >= 4 is 17.4 Å². The van der Waals surface area contributed by atoms with Gasteiger partial charge in [0, 0.05) is 37.4 Å². The minimum absolute atomic E-state index is 0.104. The molecule has 0 fully saturated rings. The highest BCUT2D eigenvalue weighted by Crippen LogP contribution is 2.08. The fraction of sp³-hybridized carbons (Fsp3) is 0.143. The summed E-state index contributed by atoms with van der Waals surface area (Å²) in [6.07, 6.45) is 6.59. The number of amides is 1. The molecule has 0 aliphatic carbocycles. The number of fused-ring (bicyclic) bond motifs is 1. The molecule has 0 saturated heterocycles.